The van der Waals surface area contributed by atoms with Crippen molar-refractivity contribution in [2.75, 3.05) is 7.11 Å². The van der Waals surface area contributed by atoms with Gasteiger partial charge in [0.1, 0.15) is 5.82 Å². The number of rotatable bonds is 2. The predicted molar refractivity (Wildman–Crippen MR) is 52.2 cm³/mol. The molecule has 0 spiro atoms. The Morgan fingerprint density at radius 3 is 2.71 bits per heavy atom. The Kier molecular flexibility index (Phi) is 3.02. The Hall–Kier alpha value is -1.64. The second kappa shape index (κ2) is 4.05. The van der Waals surface area contributed by atoms with Crippen molar-refractivity contribution >= 4 is 11.5 Å². The molecule has 0 heterocycles. The maximum atomic E-state index is 13.2. The van der Waals surface area contributed by atoms with Gasteiger partial charge in [-0.3, -0.25) is 0 Å². The van der Waals surface area contributed by atoms with Gasteiger partial charge in [-0.05, 0) is 19.1 Å². The minimum absolute atomic E-state index is 0.0358. The molecule has 14 heavy (non-hydrogen) atoms. The van der Waals surface area contributed by atoms with Crippen LogP contribution in [0.3, 0.4) is 0 Å². The van der Waals surface area contributed by atoms with Gasteiger partial charge in [-0.1, -0.05) is 18.2 Å². The van der Waals surface area contributed by atoms with Crippen molar-refractivity contribution in [1.29, 1.82) is 0 Å². The van der Waals surface area contributed by atoms with Crippen molar-refractivity contribution in [2.24, 2.45) is 0 Å². The standard InChI is InChI=1S/C11H11FO2/c1-7-4-5-10(12)9(6-7)8(2)11(13)14-3/h4-6H,2H2,1,3H3. The second-order valence-electron chi connectivity index (χ2n) is 2.95. The molecular weight excluding hydrogens is 183 g/mol. The molecule has 1 rings (SSSR count). The minimum atomic E-state index is -0.616. The van der Waals surface area contributed by atoms with Gasteiger partial charge in [-0.2, -0.15) is 0 Å². The van der Waals surface area contributed by atoms with E-state index in [9.17, 15) is 9.18 Å². The zero-order valence-electron chi connectivity index (χ0n) is 8.13. The lowest BCUT2D eigenvalue weighted by Crippen LogP contribution is -2.04. The largest absolute Gasteiger partial charge is 0.465 e. The Labute approximate surface area is 82.0 Å². The van der Waals surface area contributed by atoms with Crippen LogP contribution in [0.1, 0.15) is 11.1 Å². The Morgan fingerprint density at radius 2 is 2.14 bits per heavy atom. The van der Waals surface area contributed by atoms with E-state index in [2.05, 4.69) is 11.3 Å². The van der Waals surface area contributed by atoms with Crippen molar-refractivity contribution in [1.82, 2.24) is 0 Å². The third-order valence-electron chi connectivity index (χ3n) is 1.88. The highest BCUT2D eigenvalue weighted by Crippen LogP contribution is 2.19. The highest BCUT2D eigenvalue weighted by molar-refractivity contribution is 6.15. The minimum Gasteiger partial charge on any atom is -0.465 e. The van der Waals surface area contributed by atoms with Crippen LogP contribution in [-0.4, -0.2) is 13.1 Å². The van der Waals surface area contributed by atoms with E-state index in [1.165, 1.54) is 13.2 Å². The van der Waals surface area contributed by atoms with Crippen LogP contribution in [0, 0.1) is 12.7 Å². The summed E-state index contributed by atoms with van der Waals surface area (Å²) in [4.78, 5) is 11.1. The second-order valence-corrected chi connectivity index (χ2v) is 2.95. The van der Waals surface area contributed by atoms with Crippen LogP contribution < -0.4 is 0 Å². The van der Waals surface area contributed by atoms with E-state index >= 15 is 0 Å². The molecule has 0 saturated carbocycles. The number of esters is 1. The number of methoxy groups -OCH3 is 1. The first-order chi connectivity index (χ1) is 6.56. The van der Waals surface area contributed by atoms with E-state index in [4.69, 9.17) is 0 Å². The van der Waals surface area contributed by atoms with Crippen LogP contribution in [0.15, 0.2) is 24.8 Å². The lowest BCUT2D eigenvalue weighted by molar-refractivity contribution is -0.133. The normalized spacial score (nSPS) is 9.64. The van der Waals surface area contributed by atoms with Gasteiger partial charge >= 0.3 is 5.97 Å². The highest BCUT2D eigenvalue weighted by Gasteiger charge is 2.13. The molecule has 0 aliphatic rings. The Balaban J connectivity index is 3.12. The predicted octanol–water partition coefficient (Wildman–Crippen LogP) is 2.32. The quantitative estimate of drug-likeness (QED) is 0.533. The SMILES string of the molecule is C=C(C(=O)OC)c1cc(C)ccc1F. The lowest BCUT2D eigenvalue weighted by Gasteiger charge is -2.05. The summed E-state index contributed by atoms with van der Waals surface area (Å²) in [6.45, 7) is 5.30. The number of carbonyl (C=O) groups excluding carboxylic acids is 1. The topological polar surface area (TPSA) is 26.3 Å². The van der Waals surface area contributed by atoms with Crippen molar-refractivity contribution in [2.45, 2.75) is 6.92 Å². The fourth-order valence-corrected chi connectivity index (χ4v) is 1.10. The smallest absolute Gasteiger partial charge is 0.337 e. The Morgan fingerprint density at radius 1 is 1.50 bits per heavy atom. The van der Waals surface area contributed by atoms with Crippen LogP contribution in [0.4, 0.5) is 4.39 Å². The molecule has 0 fully saturated rings. The average Bonchev–Trinajstić information content (AvgIpc) is 2.19. The monoisotopic (exact) mass is 194 g/mol. The average molecular weight is 194 g/mol. The van der Waals surface area contributed by atoms with Gasteiger partial charge in [0, 0.05) is 5.56 Å². The zero-order chi connectivity index (χ0) is 10.7. The van der Waals surface area contributed by atoms with Gasteiger partial charge in [0.25, 0.3) is 0 Å². The number of hydrogen-bond donors (Lipinski definition) is 0. The van der Waals surface area contributed by atoms with Gasteiger partial charge < -0.3 is 4.74 Å². The molecule has 0 atom stereocenters. The van der Waals surface area contributed by atoms with Gasteiger partial charge in [0.05, 0.1) is 12.7 Å². The summed E-state index contributed by atoms with van der Waals surface area (Å²) in [7, 11) is 1.24. The third-order valence-corrected chi connectivity index (χ3v) is 1.88. The summed E-state index contributed by atoms with van der Waals surface area (Å²) in [5.41, 5.74) is 1.09. The maximum Gasteiger partial charge on any atom is 0.337 e. The molecule has 0 aliphatic heterocycles. The van der Waals surface area contributed by atoms with E-state index in [1.54, 1.807) is 12.1 Å². The molecule has 1 aromatic rings. The van der Waals surface area contributed by atoms with E-state index in [1.807, 2.05) is 6.92 Å². The highest BCUT2D eigenvalue weighted by atomic mass is 19.1. The number of halogens is 1. The molecule has 0 bridgehead atoms. The van der Waals surface area contributed by atoms with E-state index in [-0.39, 0.29) is 11.1 Å². The summed E-state index contributed by atoms with van der Waals surface area (Å²) < 4.78 is 17.7. The first-order valence-corrected chi connectivity index (χ1v) is 4.10. The van der Waals surface area contributed by atoms with Crippen molar-refractivity contribution in [3.8, 4) is 0 Å². The fraction of sp³-hybridized carbons (Fsp3) is 0.182. The van der Waals surface area contributed by atoms with Crippen molar-refractivity contribution in [3.05, 3.63) is 41.7 Å². The van der Waals surface area contributed by atoms with Gasteiger partial charge in [0.15, 0.2) is 0 Å². The first kappa shape index (κ1) is 10.4. The molecule has 0 N–H and O–H groups in total. The molecule has 74 valence electrons. The van der Waals surface area contributed by atoms with E-state index in [0.717, 1.165) is 5.56 Å². The molecule has 3 heteroatoms. The van der Waals surface area contributed by atoms with Crippen LogP contribution in [0.25, 0.3) is 5.57 Å². The maximum absolute atomic E-state index is 13.2. The molecule has 0 aliphatic carbocycles. The van der Waals surface area contributed by atoms with E-state index < -0.39 is 11.8 Å². The van der Waals surface area contributed by atoms with Gasteiger partial charge in [-0.25, -0.2) is 9.18 Å². The molecule has 0 aromatic heterocycles. The summed E-state index contributed by atoms with van der Waals surface area (Å²) in [6, 6.07) is 4.50. The molecule has 0 amide bonds. The number of ether oxygens (including phenoxy) is 1. The van der Waals surface area contributed by atoms with Crippen LogP contribution in [0.5, 0.6) is 0 Å². The van der Waals surface area contributed by atoms with Crippen molar-refractivity contribution in [3.63, 3.8) is 0 Å². The van der Waals surface area contributed by atoms with Gasteiger partial charge in [-0.15, -0.1) is 0 Å². The summed E-state index contributed by atoms with van der Waals surface area (Å²) in [6.07, 6.45) is 0. The molecular formula is C11H11FO2. The molecule has 2 nitrogen and oxygen atoms in total. The zero-order valence-corrected chi connectivity index (χ0v) is 8.13. The van der Waals surface area contributed by atoms with Crippen molar-refractivity contribution < 1.29 is 13.9 Å². The van der Waals surface area contributed by atoms with Crippen LogP contribution in [-0.2, 0) is 9.53 Å². The Bertz CT molecular complexity index is 383. The summed E-state index contributed by atoms with van der Waals surface area (Å²) in [5, 5.41) is 0. The van der Waals surface area contributed by atoms with E-state index in [0.29, 0.717) is 0 Å². The molecule has 1 aromatic carbocycles. The first-order valence-electron chi connectivity index (χ1n) is 4.10. The van der Waals surface area contributed by atoms with Crippen LogP contribution >= 0.6 is 0 Å². The summed E-state index contributed by atoms with van der Waals surface area (Å²) in [5.74, 6) is -1.08. The van der Waals surface area contributed by atoms with Gasteiger partial charge in [0.2, 0.25) is 0 Å². The fourth-order valence-electron chi connectivity index (χ4n) is 1.10. The molecule has 0 unspecified atom stereocenters. The summed E-state index contributed by atoms with van der Waals surface area (Å²) >= 11 is 0. The number of hydrogen-bond acceptors (Lipinski definition) is 2. The number of benzene rings is 1. The number of carbonyl (C=O) groups is 1. The molecule has 0 radical (unpaired) electrons. The number of aryl methyl sites for hydroxylation is 1. The molecule has 0 saturated heterocycles. The van der Waals surface area contributed by atoms with Crippen LogP contribution in [0.2, 0.25) is 0 Å². The third kappa shape index (κ3) is 1.99. The lowest BCUT2D eigenvalue weighted by atomic mass is 10.0.